The summed E-state index contributed by atoms with van der Waals surface area (Å²) in [5.41, 5.74) is 1.90. The van der Waals surface area contributed by atoms with Crippen molar-refractivity contribution in [2.45, 2.75) is 31.5 Å². The molecular weight excluding hydrogens is 386 g/mol. The van der Waals surface area contributed by atoms with E-state index in [2.05, 4.69) is 26.4 Å². The number of hydrogen-bond donors (Lipinski definition) is 1. The molecule has 0 aromatic carbocycles. The van der Waals surface area contributed by atoms with E-state index in [0.717, 1.165) is 31.7 Å². The molecular formula is C18H26ClN5O2S. The summed E-state index contributed by atoms with van der Waals surface area (Å²) in [5.74, 6) is 0.423. The normalized spacial score (nSPS) is 28.0. The Morgan fingerprint density at radius 2 is 2.22 bits per heavy atom. The third-order valence-electron chi connectivity index (χ3n) is 5.48. The third kappa shape index (κ3) is 4.34. The average Bonchev–Trinajstić information content (AvgIpc) is 3.21. The molecule has 2 unspecified atom stereocenters. The Kier molecular flexibility index (Phi) is 5.90. The van der Waals surface area contributed by atoms with Gasteiger partial charge in [-0.05, 0) is 25.0 Å². The summed E-state index contributed by atoms with van der Waals surface area (Å²) < 4.78 is 25.6. The van der Waals surface area contributed by atoms with Gasteiger partial charge in [-0.3, -0.25) is 14.6 Å². The average molecular weight is 412 g/mol. The van der Waals surface area contributed by atoms with Crippen molar-refractivity contribution in [3.8, 4) is 0 Å². The van der Waals surface area contributed by atoms with Crippen molar-refractivity contribution in [1.29, 1.82) is 0 Å². The Hall–Kier alpha value is -1.48. The van der Waals surface area contributed by atoms with Crippen LogP contribution in [0.3, 0.4) is 0 Å². The molecule has 2 aliphatic rings. The van der Waals surface area contributed by atoms with E-state index in [1.54, 1.807) is 6.20 Å². The lowest BCUT2D eigenvalue weighted by Crippen LogP contribution is -2.45. The highest BCUT2D eigenvalue weighted by Gasteiger charge is 2.40. The van der Waals surface area contributed by atoms with E-state index in [1.807, 2.05) is 36.3 Å². The van der Waals surface area contributed by atoms with Gasteiger partial charge in [-0.15, -0.1) is 12.4 Å². The van der Waals surface area contributed by atoms with Crippen LogP contribution in [0.2, 0.25) is 0 Å². The van der Waals surface area contributed by atoms with Gasteiger partial charge in [-0.2, -0.15) is 5.10 Å². The Morgan fingerprint density at radius 1 is 1.37 bits per heavy atom. The monoisotopic (exact) mass is 411 g/mol. The molecule has 0 amide bonds. The number of pyridine rings is 1. The lowest BCUT2D eigenvalue weighted by molar-refractivity contribution is 0.153. The quantitative estimate of drug-likeness (QED) is 0.818. The maximum atomic E-state index is 11.9. The zero-order valence-corrected chi connectivity index (χ0v) is 17.0. The minimum absolute atomic E-state index is 0. The summed E-state index contributed by atoms with van der Waals surface area (Å²) >= 11 is 0. The number of rotatable bonds is 4. The maximum absolute atomic E-state index is 11.9. The van der Waals surface area contributed by atoms with Crippen LogP contribution in [0.25, 0.3) is 0 Å². The molecule has 0 aliphatic carbocycles. The molecule has 4 rings (SSSR count). The standard InChI is InChI=1S/C18H25N5O2S.ClH/c1-18(4-8-26(24,25)14-18)23-13-15(9-21-23)12-22-7-6-20-11-17(22)16-3-2-5-19-10-16;/h2-3,5,9-10,13,17,20H,4,6-8,11-12,14H2,1H3;1H. The van der Waals surface area contributed by atoms with Crippen molar-refractivity contribution in [2.75, 3.05) is 31.1 Å². The van der Waals surface area contributed by atoms with Gasteiger partial charge in [0, 0.05) is 56.4 Å². The molecule has 2 aromatic heterocycles. The van der Waals surface area contributed by atoms with E-state index in [-0.39, 0.29) is 30.0 Å². The predicted octanol–water partition coefficient (Wildman–Crippen LogP) is 1.38. The fraction of sp³-hybridized carbons (Fsp3) is 0.556. The lowest BCUT2D eigenvalue weighted by atomic mass is 10.0. The molecule has 7 nitrogen and oxygen atoms in total. The van der Waals surface area contributed by atoms with Gasteiger partial charge in [0.05, 0.1) is 23.2 Å². The molecule has 27 heavy (non-hydrogen) atoms. The topological polar surface area (TPSA) is 80.1 Å². The van der Waals surface area contributed by atoms with Crippen LogP contribution in [0, 0.1) is 0 Å². The van der Waals surface area contributed by atoms with E-state index in [0.29, 0.717) is 6.42 Å². The first-order chi connectivity index (χ1) is 12.5. The van der Waals surface area contributed by atoms with E-state index in [9.17, 15) is 8.42 Å². The van der Waals surface area contributed by atoms with Crippen molar-refractivity contribution in [3.63, 3.8) is 0 Å². The zero-order chi connectivity index (χ0) is 18.2. The molecule has 2 aromatic rings. The fourth-order valence-corrected chi connectivity index (χ4v) is 6.10. The molecule has 2 fully saturated rings. The van der Waals surface area contributed by atoms with Gasteiger partial charge in [-0.25, -0.2) is 8.42 Å². The summed E-state index contributed by atoms with van der Waals surface area (Å²) in [6.07, 6.45) is 8.24. The molecule has 2 aliphatic heterocycles. The number of halogens is 1. The van der Waals surface area contributed by atoms with Gasteiger partial charge in [0.2, 0.25) is 0 Å². The molecule has 4 heterocycles. The van der Waals surface area contributed by atoms with Crippen LogP contribution in [-0.2, 0) is 21.9 Å². The van der Waals surface area contributed by atoms with Crippen LogP contribution in [-0.4, -0.2) is 59.2 Å². The predicted molar refractivity (Wildman–Crippen MR) is 107 cm³/mol. The van der Waals surface area contributed by atoms with Crippen molar-refractivity contribution in [2.24, 2.45) is 0 Å². The second-order valence-electron chi connectivity index (χ2n) is 7.61. The first-order valence-corrected chi connectivity index (χ1v) is 10.9. The van der Waals surface area contributed by atoms with Gasteiger partial charge in [-0.1, -0.05) is 6.07 Å². The van der Waals surface area contributed by atoms with E-state index in [4.69, 9.17) is 0 Å². The van der Waals surface area contributed by atoms with E-state index < -0.39 is 15.4 Å². The molecule has 2 saturated heterocycles. The van der Waals surface area contributed by atoms with Crippen LogP contribution in [0.15, 0.2) is 36.9 Å². The molecule has 148 valence electrons. The highest BCUT2D eigenvalue weighted by Crippen LogP contribution is 2.31. The van der Waals surface area contributed by atoms with Crippen LogP contribution < -0.4 is 5.32 Å². The Balaban J connectivity index is 0.00000210. The molecule has 9 heteroatoms. The van der Waals surface area contributed by atoms with E-state index >= 15 is 0 Å². The van der Waals surface area contributed by atoms with Crippen LogP contribution in [0.1, 0.15) is 30.5 Å². The van der Waals surface area contributed by atoms with Crippen molar-refractivity contribution in [1.82, 2.24) is 25.0 Å². The Labute approximate surface area is 166 Å². The zero-order valence-electron chi connectivity index (χ0n) is 15.4. The SMILES string of the molecule is CC1(n2cc(CN3CCNCC3c3cccnc3)cn2)CCS(=O)(=O)C1.Cl. The van der Waals surface area contributed by atoms with Crippen LogP contribution >= 0.6 is 12.4 Å². The first kappa shape index (κ1) is 20.3. The number of sulfone groups is 1. The second-order valence-corrected chi connectivity index (χ2v) is 9.79. The Morgan fingerprint density at radius 3 is 2.93 bits per heavy atom. The minimum Gasteiger partial charge on any atom is -0.314 e. The number of hydrogen-bond acceptors (Lipinski definition) is 6. The van der Waals surface area contributed by atoms with Gasteiger partial charge in [0.15, 0.2) is 9.84 Å². The highest BCUT2D eigenvalue weighted by atomic mass is 35.5. The van der Waals surface area contributed by atoms with Crippen molar-refractivity contribution < 1.29 is 8.42 Å². The van der Waals surface area contributed by atoms with E-state index in [1.165, 1.54) is 5.56 Å². The smallest absolute Gasteiger partial charge is 0.152 e. The lowest BCUT2D eigenvalue weighted by Gasteiger charge is -2.36. The third-order valence-corrected chi connectivity index (χ3v) is 7.37. The Bertz CT molecular complexity index is 873. The fourth-order valence-electron chi connectivity index (χ4n) is 3.98. The molecule has 1 N–H and O–H groups in total. The van der Waals surface area contributed by atoms with Crippen molar-refractivity contribution >= 4 is 22.2 Å². The molecule has 0 bridgehead atoms. The summed E-state index contributed by atoms with van der Waals surface area (Å²) in [4.78, 5) is 6.69. The van der Waals surface area contributed by atoms with Gasteiger partial charge in [0.1, 0.15) is 0 Å². The summed E-state index contributed by atoms with van der Waals surface area (Å²) in [6.45, 7) is 5.59. The summed E-state index contributed by atoms with van der Waals surface area (Å²) in [7, 11) is -2.95. The number of aromatic nitrogens is 3. The van der Waals surface area contributed by atoms with Gasteiger partial charge < -0.3 is 5.32 Å². The number of piperazine rings is 1. The van der Waals surface area contributed by atoms with Gasteiger partial charge in [0.25, 0.3) is 0 Å². The maximum Gasteiger partial charge on any atom is 0.152 e. The first-order valence-electron chi connectivity index (χ1n) is 9.04. The summed E-state index contributed by atoms with van der Waals surface area (Å²) in [5, 5.41) is 7.95. The summed E-state index contributed by atoms with van der Waals surface area (Å²) in [6, 6.07) is 4.37. The number of nitrogens with one attached hydrogen (secondary N) is 1. The number of nitrogens with zero attached hydrogens (tertiary/aromatic N) is 4. The molecule has 0 saturated carbocycles. The molecule has 0 spiro atoms. The van der Waals surface area contributed by atoms with Crippen LogP contribution in [0.4, 0.5) is 0 Å². The van der Waals surface area contributed by atoms with Crippen molar-refractivity contribution in [3.05, 3.63) is 48.0 Å². The molecule has 2 atom stereocenters. The second kappa shape index (κ2) is 7.87. The largest absolute Gasteiger partial charge is 0.314 e. The minimum atomic E-state index is -2.95. The van der Waals surface area contributed by atoms with Gasteiger partial charge >= 0.3 is 0 Å². The van der Waals surface area contributed by atoms with Crippen LogP contribution in [0.5, 0.6) is 0 Å². The molecule has 0 radical (unpaired) electrons. The highest BCUT2D eigenvalue weighted by molar-refractivity contribution is 7.91.